The van der Waals surface area contributed by atoms with E-state index in [2.05, 4.69) is 0 Å². The number of alkyl halides is 8. The Bertz CT molecular complexity index is 508. The van der Waals surface area contributed by atoms with E-state index < -0.39 is 47.6 Å². The Balaban J connectivity index is 3.51. The van der Waals surface area contributed by atoms with E-state index in [-0.39, 0.29) is 18.2 Å². The highest BCUT2D eigenvalue weighted by atomic mass is 19.4. The molecule has 0 aromatic heterocycles. The van der Waals surface area contributed by atoms with Crippen LogP contribution in [0.15, 0.2) is 18.2 Å². The van der Waals surface area contributed by atoms with Crippen LogP contribution in [-0.4, -0.2) is 17.6 Å². The first-order valence-electron chi connectivity index (χ1n) is 5.33. The summed E-state index contributed by atoms with van der Waals surface area (Å²) in [5.41, 5.74) is 0.223. The van der Waals surface area contributed by atoms with Crippen molar-refractivity contribution >= 4 is 0 Å². The van der Waals surface area contributed by atoms with Crippen molar-refractivity contribution in [1.82, 2.24) is 0 Å². The number of hydrogen-bond acceptors (Lipinski definition) is 2. The van der Waals surface area contributed by atoms with Crippen LogP contribution in [0.1, 0.15) is 22.7 Å². The Kier molecular flexibility index (Phi) is 4.54. The van der Waals surface area contributed by atoms with Crippen LogP contribution >= 0.6 is 0 Å². The maximum atomic E-state index is 13.2. The van der Waals surface area contributed by atoms with Gasteiger partial charge in [-0.15, -0.1) is 0 Å². The number of benzene rings is 1. The fourth-order valence-corrected chi connectivity index (χ4v) is 1.58. The number of aliphatic hydroxyl groups excluding tert-OH is 1. The lowest BCUT2D eigenvalue weighted by Crippen LogP contribution is -2.37. The van der Waals surface area contributed by atoms with Gasteiger partial charge in [-0.2, -0.15) is 26.3 Å². The second kappa shape index (κ2) is 5.41. The summed E-state index contributed by atoms with van der Waals surface area (Å²) in [4.78, 5) is 0. The average molecular weight is 323 g/mol. The van der Waals surface area contributed by atoms with Gasteiger partial charge in [0.15, 0.2) is 0 Å². The minimum absolute atomic E-state index is 0.0332. The van der Waals surface area contributed by atoms with Gasteiger partial charge in [0.1, 0.15) is 6.61 Å². The fourth-order valence-electron chi connectivity index (χ4n) is 1.58. The molecule has 0 spiro atoms. The number of rotatable bonds is 3. The van der Waals surface area contributed by atoms with Gasteiger partial charge in [0.05, 0.1) is 17.2 Å². The maximum Gasteiger partial charge on any atom is 0.416 e. The molecule has 2 nitrogen and oxygen atoms in total. The third-order valence-corrected chi connectivity index (χ3v) is 2.69. The quantitative estimate of drug-likeness (QED) is 0.838. The molecule has 3 N–H and O–H groups in total. The highest BCUT2D eigenvalue weighted by molar-refractivity contribution is 5.38. The summed E-state index contributed by atoms with van der Waals surface area (Å²) in [6, 6.07) is -2.67. The first-order valence-corrected chi connectivity index (χ1v) is 5.33. The lowest BCUT2D eigenvalue weighted by molar-refractivity contribution is -0.143. The molecular formula is C11H9F8NO. The second-order valence-corrected chi connectivity index (χ2v) is 4.19. The molecule has 0 amide bonds. The number of halogens is 8. The van der Waals surface area contributed by atoms with Crippen LogP contribution in [0.4, 0.5) is 35.1 Å². The highest BCUT2D eigenvalue weighted by Crippen LogP contribution is 2.41. The summed E-state index contributed by atoms with van der Waals surface area (Å²) >= 11 is 0. The van der Waals surface area contributed by atoms with Crippen molar-refractivity contribution in [2.75, 3.05) is 6.61 Å². The second-order valence-electron chi connectivity index (χ2n) is 4.19. The molecule has 0 unspecified atom stereocenters. The van der Waals surface area contributed by atoms with Gasteiger partial charge in [0, 0.05) is 0 Å². The summed E-state index contributed by atoms with van der Waals surface area (Å²) in [5.74, 6) is -4.20. The van der Waals surface area contributed by atoms with Crippen molar-refractivity contribution in [2.45, 2.75) is 24.3 Å². The van der Waals surface area contributed by atoms with Crippen LogP contribution in [0.25, 0.3) is 0 Å². The van der Waals surface area contributed by atoms with Crippen molar-refractivity contribution in [2.24, 2.45) is 5.73 Å². The Labute approximate surface area is 113 Å². The van der Waals surface area contributed by atoms with Crippen molar-refractivity contribution in [3.8, 4) is 0 Å². The van der Waals surface area contributed by atoms with E-state index in [1.165, 1.54) is 0 Å². The van der Waals surface area contributed by atoms with Crippen LogP contribution in [0.5, 0.6) is 0 Å². The highest BCUT2D eigenvalue weighted by Gasteiger charge is 2.44. The molecule has 10 heteroatoms. The first-order chi connectivity index (χ1) is 9.30. The third kappa shape index (κ3) is 3.82. The predicted octanol–water partition coefficient (Wildman–Crippen LogP) is 3.35. The van der Waals surface area contributed by atoms with E-state index in [1.807, 2.05) is 0 Å². The van der Waals surface area contributed by atoms with Gasteiger partial charge >= 0.3 is 12.4 Å². The molecule has 1 aromatic carbocycles. The van der Waals surface area contributed by atoms with Gasteiger partial charge in [-0.3, -0.25) is 0 Å². The normalized spacial score (nSPS) is 15.1. The van der Waals surface area contributed by atoms with Crippen LogP contribution in [0.2, 0.25) is 0 Å². The summed E-state index contributed by atoms with van der Waals surface area (Å²) in [5, 5.41) is 8.42. The molecule has 1 rings (SSSR count). The van der Waals surface area contributed by atoms with Crippen molar-refractivity contribution in [3.63, 3.8) is 0 Å². The Morgan fingerprint density at radius 3 is 1.86 bits per heavy atom. The van der Waals surface area contributed by atoms with Crippen molar-refractivity contribution < 1.29 is 40.2 Å². The molecule has 0 fully saturated rings. The zero-order valence-electron chi connectivity index (χ0n) is 10.1. The topological polar surface area (TPSA) is 46.2 Å². The van der Waals surface area contributed by atoms with Crippen LogP contribution in [0.3, 0.4) is 0 Å². The molecule has 0 saturated carbocycles. The van der Waals surface area contributed by atoms with Gasteiger partial charge in [0.2, 0.25) is 0 Å². The van der Waals surface area contributed by atoms with E-state index in [1.54, 1.807) is 0 Å². The minimum atomic E-state index is -5.16. The molecule has 0 radical (unpaired) electrons. The number of aliphatic hydroxyl groups is 1. The molecule has 0 bridgehead atoms. The van der Waals surface area contributed by atoms with Gasteiger partial charge in [-0.1, -0.05) is 0 Å². The van der Waals surface area contributed by atoms with E-state index in [0.29, 0.717) is 0 Å². The van der Waals surface area contributed by atoms with Gasteiger partial charge < -0.3 is 10.8 Å². The molecule has 0 aliphatic rings. The number of nitrogens with two attached hydrogens (primary N) is 1. The van der Waals surface area contributed by atoms with Crippen LogP contribution in [-0.2, 0) is 12.4 Å². The largest absolute Gasteiger partial charge is 0.416 e. The third-order valence-electron chi connectivity index (χ3n) is 2.69. The monoisotopic (exact) mass is 323 g/mol. The van der Waals surface area contributed by atoms with E-state index in [4.69, 9.17) is 10.8 Å². The Morgan fingerprint density at radius 1 is 0.952 bits per heavy atom. The average Bonchev–Trinajstić information content (AvgIpc) is 2.35. The molecule has 0 heterocycles. The molecule has 0 saturated heterocycles. The van der Waals surface area contributed by atoms with Crippen molar-refractivity contribution in [3.05, 3.63) is 34.9 Å². The van der Waals surface area contributed by atoms with Gasteiger partial charge in [-0.05, 0) is 23.8 Å². The molecule has 21 heavy (non-hydrogen) atoms. The SMILES string of the molecule is N[C@@H](c1cc(C(F)(F)F)ccc1C(F)(F)F)C(F)(F)CO. The standard InChI is InChI=1S/C11H9F8NO/c12-9(13,4-21)8(20)6-3-5(10(14,15)16)1-2-7(6)11(17,18)19/h1-3,8,21H,4,20H2/t8-/m0/s1. The summed E-state index contributed by atoms with van der Waals surface area (Å²) in [7, 11) is 0. The lowest BCUT2D eigenvalue weighted by Gasteiger charge is -2.25. The summed E-state index contributed by atoms with van der Waals surface area (Å²) in [6.45, 7) is -1.90. The van der Waals surface area contributed by atoms with Gasteiger partial charge in [0.25, 0.3) is 5.92 Å². The van der Waals surface area contributed by atoms with Crippen LogP contribution < -0.4 is 5.73 Å². The van der Waals surface area contributed by atoms with E-state index in [0.717, 1.165) is 0 Å². The first kappa shape index (κ1) is 17.6. The van der Waals surface area contributed by atoms with E-state index in [9.17, 15) is 35.1 Å². The smallest absolute Gasteiger partial charge is 0.390 e. The fraction of sp³-hybridized carbons (Fsp3) is 0.455. The maximum absolute atomic E-state index is 13.2. The van der Waals surface area contributed by atoms with E-state index >= 15 is 0 Å². The molecule has 1 atom stereocenters. The Hall–Kier alpha value is -1.42. The molecule has 0 aliphatic heterocycles. The van der Waals surface area contributed by atoms with Gasteiger partial charge in [-0.25, -0.2) is 8.78 Å². The molecule has 1 aromatic rings. The lowest BCUT2D eigenvalue weighted by atomic mass is 9.94. The molecule has 0 aliphatic carbocycles. The van der Waals surface area contributed by atoms with Crippen LogP contribution in [0, 0.1) is 0 Å². The zero-order valence-corrected chi connectivity index (χ0v) is 10.1. The minimum Gasteiger partial charge on any atom is -0.390 e. The molecule has 120 valence electrons. The Morgan fingerprint density at radius 2 is 1.48 bits per heavy atom. The predicted molar refractivity (Wildman–Crippen MR) is 55.4 cm³/mol. The number of hydrogen-bond donors (Lipinski definition) is 2. The zero-order chi connectivity index (χ0) is 16.6. The van der Waals surface area contributed by atoms with Crippen molar-refractivity contribution in [1.29, 1.82) is 0 Å². The summed E-state index contributed by atoms with van der Waals surface area (Å²) < 4.78 is 102. The summed E-state index contributed by atoms with van der Waals surface area (Å²) in [6.07, 6.45) is -10.2. The molecular weight excluding hydrogens is 314 g/mol.